The zero-order valence-corrected chi connectivity index (χ0v) is 20.0. The summed E-state index contributed by atoms with van der Waals surface area (Å²) in [6, 6.07) is 7.37. The molecule has 4 rings (SSSR count). The van der Waals surface area contributed by atoms with E-state index in [2.05, 4.69) is 10.6 Å². The second kappa shape index (κ2) is 10.4. The van der Waals surface area contributed by atoms with Gasteiger partial charge in [0.25, 0.3) is 5.91 Å². The molecule has 170 valence electrons. The Kier molecular flexibility index (Phi) is 7.42. The number of hydrogen-bond donors (Lipinski definition) is 2. The Morgan fingerprint density at radius 1 is 0.969 bits per heavy atom. The summed E-state index contributed by atoms with van der Waals surface area (Å²) in [5, 5.41) is 7.51. The van der Waals surface area contributed by atoms with Crippen molar-refractivity contribution in [2.24, 2.45) is 0 Å². The first-order chi connectivity index (χ1) is 15.6. The topological polar surface area (TPSA) is 70.7 Å². The van der Waals surface area contributed by atoms with Gasteiger partial charge >= 0.3 is 5.97 Å². The van der Waals surface area contributed by atoms with Crippen molar-refractivity contribution in [2.45, 2.75) is 51.4 Å². The van der Waals surface area contributed by atoms with Crippen LogP contribution in [0.2, 0.25) is 0 Å². The van der Waals surface area contributed by atoms with E-state index in [1.54, 1.807) is 11.3 Å². The molecule has 0 unspecified atom stereocenters. The maximum absolute atomic E-state index is 12.6. The van der Waals surface area contributed by atoms with Crippen molar-refractivity contribution in [3.05, 3.63) is 45.8 Å². The number of rotatable bonds is 4. The molecule has 1 aliphatic heterocycles. The van der Waals surface area contributed by atoms with Gasteiger partial charge in [-0.25, -0.2) is 4.79 Å². The van der Waals surface area contributed by atoms with Gasteiger partial charge in [-0.1, -0.05) is 6.42 Å². The zero-order valence-electron chi connectivity index (χ0n) is 18.4. The molecule has 6 nitrogen and oxygen atoms in total. The number of thiocarbonyl (C=S) groups is 1. The van der Waals surface area contributed by atoms with Crippen LogP contribution in [0.25, 0.3) is 0 Å². The molecule has 1 aliphatic carbocycles. The smallest absolute Gasteiger partial charge is 0.341 e. The van der Waals surface area contributed by atoms with Gasteiger partial charge in [0.2, 0.25) is 0 Å². The predicted molar refractivity (Wildman–Crippen MR) is 133 cm³/mol. The fourth-order valence-corrected chi connectivity index (χ4v) is 5.96. The van der Waals surface area contributed by atoms with Gasteiger partial charge in [-0.15, -0.1) is 11.3 Å². The van der Waals surface area contributed by atoms with Gasteiger partial charge in [0.1, 0.15) is 5.00 Å². The minimum Gasteiger partial charge on any atom is -0.465 e. The SMILES string of the molecule is COC(=O)c1c(NC(=S)Nc2ccc(C(=O)N3CCCCC3)cc2)sc2c1CCCCC2. The van der Waals surface area contributed by atoms with E-state index in [1.807, 2.05) is 29.2 Å². The van der Waals surface area contributed by atoms with Crippen LogP contribution < -0.4 is 10.6 Å². The number of amides is 1. The summed E-state index contributed by atoms with van der Waals surface area (Å²) in [4.78, 5) is 28.3. The van der Waals surface area contributed by atoms with Crippen LogP contribution >= 0.6 is 23.6 Å². The molecule has 0 atom stereocenters. The molecule has 1 amide bonds. The van der Waals surface area contributed by atoms with Crippen molar-refractivity contribution in [1.82, 2.24) is 4.90 Å². The van der Waals surface area contributed by atoms with Crippen molar-refractivity contribution < 1.29 is 14.3 Å². The molecular weight excluding hydrogens is 442 g/mol. The number of methoxy groups -OCH3 is 1. The number of hydrogen-bond acceptors (Lipinski definition) is 5. The molecule has 0 saturated carbocycles. The lowest BCUT2D eigenvalue weighted by Gasteiger charge is -2.26. The first kappa shape index (κ1) is 22.7. The molecule has 32 heavy (non-hydrogen) atoms. The van der Waals surface area contributed by atoms with Gasteiger partial charge in [0.05, 0.1) is 12.7 Å². The number of carbonyl (C=O) groups excluding carboxylic acids is 2. The van der Waals surface area contributed by atoms with E-state index in [9.17, 15) is 9.59 Å². The van der Waals surface area contributed by atoms with E-state index in [0.29, 0.717) is 16.2 Å². The molecule has 2 N–H and O–H groups in total. The van der Waals surface area contributed by atoms with Crippen LogP contribution in [0.15, 0.2) is 24.3 Å². The predicted octanol–water partition coefficient (Wildman–Crippen LogP) is 5.24. The molecule has 0 spiro atoms. The fraction of sp³-hybridized carbons (Fsp3) is 0.458. The highest BCUT2D eigenvalue weighted by atomic mass is 32.1. The molecule has 2 aromatic rings. The molecule has 0 radical (unpaired) electrons. The lowest BCUT2D eigenvalue weighted by molar-refractivity contribution is 0.0600. The Hall–Kier alpha value is -2.45. The molecule has 2 heterocycles. The summed E-state index contributed by atoms with van der Waals surface area (Å²) in [6.07, 6.45) is 8.62. The number of thiophene rings is 1. The molecule has 1 aromatic carbocycles. The van der Waals surface area contributed by atoms with Crippen LogP contribution in [0.4, 0.5) is 10.7 Å². The Morgan fingerprint density at radius 2 is 1.66 bits per heavy atom. The molecule has 1 saturated heterocycles. The summed E-state index contributed by atoms with van der Waals surface area (Å²) < 4.78 is 5.06. The number of aryl methyl sites for hydroxylation is 1. The van der Waals surface area contributed by atoms with Gasteiger partial charge in [-0.3, -0.25) is 4.79 Å². The van der Waals surface area contributed by atoms with Gasteiger partial charge in [0, 0.05) is 29.2 Å². The van der Waals surface area contributed by atoms with Crippen LogP contribution in [0.3, 0.4) is 0 Å². The number of piperidine rings is 1. The molecule has 1 aromatic heterocycles. The summed E-state index contributed by atoms with van der Waals surface area (Å²) >= 11 is 7.10. The number of benzene rings is 1. The number of likely N-dealkylation sites (tertiary alicyclic amines) is 1. The maximum Gasteiger partial charge on any atom is 0.341 e. The first-order valence-corrected chi connectivity index (χ1v) is 12.5. The average Bonchev–Trinajstić information content (AvgIpc) is 2.99. The van der Waals surface area contributed by atoms with Crippen LogP contribution in [0, 0.1) is 0 Å². The largest absolute Gasteiger partial charge is 0.465 e. The number of fused-ring (bicyclic) bond motifs is 1. The van der Waals surface area contributed by atoms with Crippen molar-refractivity contribution in [2.75, 3.05) is 30.8 Å². The van der Waals surface area contributed by atoms with Crippen molar-refractivity contribution >= 4 is 51.2 Å². The lowest BCUT2D eigenvalue weighted by Crippen LogP contribution is -2.35. The van der Waals surface area contributed by atoms with Crippen molar-refractivity contribution in [1.29, 1.82) is 0 Å². The number of carbonyl (C=O) groups is 2. The molecule has 2 aliphatic rings. The second-order valence-corrected chi connectivity index (χ2v) is 9.78. The summed E-state index contributed by atoms with van der Waals surface area (Å²) in [5.41, 5.74) is 3.19. The summed E-state index contributed by atoms with van der Waals surface area (Å²) in [6.45, 7) is 1.67. The third-order valence-electron chi connectivity index (χ3n) is 6.07. The summed E-state index contributed by atoms with van der Waals surface area (Å²) in [7, 11) is 1.41. The number of nitrogens with one attached hydrogen (secondary N) is 2. The van der Waals surface area contributed by atoms with E-state index in [-0.39, 0.29) is 11.9 Å². The third-order valence-corrected chi connectivity index (χ3v) is 7.48. The number of ether oxygens (including phenoxy) is 1. The van der Waals surface area contributed by atoms with E-state index < -0.39 is 0 Å². The van der Waals surface area contributed by atoms with E-state index in [1.165, 1.54) is 24.8 Å². The lowest BCUT2D eigenvalue weighted by atomic mass is 10.1. The molecule has 0 bridgehead atoms. The monoisotopic (exact) mass is 471 g/mol. The highest BCUT2D eigenvalue weighted by Crippen LogP contribution is 2.38. The Morgan fingerprint density at radius 3 is 2.38 bits per heavy atom. The number of nitrogens with zero attached hydrogens (tertiary/aromatic N) is 1. The van der Waals surface area contributed by atoms with Gasteiger partial charge < -0.3 is 20.3 Å². The Labute approximate surface area is 198 Å². The van der Waals surface area contributed by atoms with Crippen LogP contribution in [0.1, 0.15) is 69.7 Å². The normalized spacial score (nSPS) is 16.0. The van der Waals surface area contributed by atoms with Gasteiger partial charge in [0.15, 0.2) is 5.11 Å². The minimum absolute atomic E-state index is 0.0831. The number of esters is 1. The van der Waals surface area contributed by atoms with Gasteiger partial charge in [-0.2, -0.15) is 0 Å². The van der Waals surface area contributed by atoms with Crippen LogP contribution in [0.5, 0.6) is 0 Å². The van der Waals surface area contributed by atoms with Crippen LogP contribution in [-0.2, 0) is 17.6 Å². The zero-order chi connectivity index (χ0) is 22.5. The number of anilines is 2. The minimum atomic E-state index is -0.324. The van der Waals surface area contributed by atoms with E-state index in [4.69, 9.17) is 17.0 Å². The van der Waals surface area contributed by atoms with Gasteiger partial charge in [-0.05, 0) is 87.0 Å². The first-order valence-electron chi connectivity index (χ1n) is 11.3. The Balaban J connectivity index is 1.43. The maximum atomic E-state index is 12.6. The van der Waals surface area contributed by atoms with Crippen molar-refractivity contribution in [3.63, 3.8) is 0 Å². The summed E-state index contributed by atoms with van der Waals surface area (Å²) in [5.74, 6) is -0.241. The second-order valence-electron chi connectivity index (χ2n) is 8.27. The standard InChI is InChI=1S/C24H29N3O3S2/c1-30-23(29)20-18-8-4-2-5-9-19(18)32-21(20)26-24(31)25-17-12-10-16(11-13-17)22(28)27-14-6-3-7-15-27/h10-13H,2-9,14-15H2,1H3,(H2,25,26,31). The fourth-order valence-electron chi connectivity index (χ4n) is 4.39. The van der Waals surface area contributed by atoms with Crippen LogP contribution in [-0.4, -0.2) is 42.1 Å². The molecular formula is C24H29N3O3S2. The third kappa shape index (κ3) is 5.13. The Bertz CT molecular complexity index is 995. The average molecular weight is 472 g/mol. The molecule has 1 fully saturated rings. The quantitative estimate of drug-likeness (QED) is 0.361. The van der Waals surface area contributed by atoms with E-state index in [0.717, 1.165) is 67.9 Å². The highest BCUT2D eigenvalue weighted by Gasteiger charge is 2.26. The molecule has 8 heteroatoms. The van der Waals surface area contributed by atoms with E-state index >= 15 is 0 Å². The highest BCUT2D eigenvalue weighted by molar-refractivity contribution is 7.80. The van der Waals surface area contributed by atoms with Crippen molar-refractivity contribution in [3.8, 4) is 0 Å².